The first-order valence-electron chi connectivity index (χ1n) is 10.7. The minimum Gasteiger partial charge on any atom is -0.383 e. The summed E-state index contributed by atoms with van der Waals surface area (Å²) in [5.41, 5.74) is 7.62. The van der Waals surface area contributed by atoms with Gasteiger partial charge in [-0.2, -0.15) is 5.26 Å². The van der Waals surface area contributed by atoms with Gasteiger partial charge in [0, 0.05) is 12.2 Å². The molecular weight excluding hydrogens is 452 g/mol. The number of nitrogens with one attached hydrogen (secondary N) is 1. The van der Waals surface area contributed by atoms with E-state index in [0.29, 0.717) is 17.0 Å². The molecule has 34 heavy (non-hydrogen) atoms. The topological polar surface area (TPSA) is 138 Å². The van der Waals surface area contributed by atoms with E-state index < -0.39 is 11.2 Å². The van der Waals surface area contributed by atoms with E-state index in [4.69, 9.17) is 5.73 Å². The van der Waals surface area contributed by atoms with Gasteiger partial charge < -0.3 is 10.6 Å². The van der Waals surface area contributed by atoms with E-state index >= 15 is 0 Å². The van der Waals surface area contributed by atoms with Gasteiger partial charge in [-0.3, -0.25) is 19.1 Å². The number of aromatic nitrogens is 3. The van der Waals surface area contributed by atoms with Gasteiger partial charge in [-0.1, -0.05) is 49.0 Å². The zero-order valence-corrected chi connectivity index (χ0v) is 20.1. The molecule has 0 bridgehead atoms. The zero-order valence-electron chi connectivity index (χ0n) is 19.3. The number of amides is 1. The van der Waals surface area contributed by atoms with Gasteiger partial charge in [0.1, 0.15) is 16.9 Å². The van der Waals surface area contributed by atoms with Crippen molar-refractivity contribution in [1.82, 2.24) is 14.5 Å². The molecule has 3 N–H and O–H groups in total. The Morgan fingerprint density at radius 1 is 1.26 bits per heavy atom. The van der Waals surface area contributed by atoms with E-state index in [1.807, 2.05) is 57.2 Å². The van der Waals surface area contributed by atoms with Crippen molar-refractivity contribution in [1.29, 1.82) is 5.26 Å². The van der Waals surface area contributed by atoms with Crippen molar-refractivity contribution in [3.8, 4) is 6.07 Å². The van der Waals surface area contributed by atoms with Gasteiger partial charge in [0.15, 0.2) is 5.69 Å². The number of hydrogen-bond acceptors (Lipinski definition) is 7. The molecule has 1 aromatic carbocycles. The lowest BCUT2D eigenvalue weighted by Crippen LogP contribution is -2.42. The van der Waals surface area contributed by atoms with E-state index in [1.54, 1.807) is 0 Å². The number of H-pyrrole nitrogens is 1. The number of aryl methyl sites for hydroxylation is 2. The molecule has 0 atom stereocenters. The van der Waals surface area contributed by atoms with E-state index in [-0.39, 0.29) is 36.3 Å². The number of nitriles is 1. The summed E-state index contributed by atoms with van der Waals surface area (Å²) in [7, 11) is 0. The maximum absolute atomic E-state index is 13.2. The van der Waals surface area contributed by atoms with Crippen molar-refractivity contribution < 1.29 is 4.79 Å². The molecule has 176 valence electrons. The maximum Gasteiger partial charge on any atom is 0.330 e. The van der Waals surface area contributed by atoms with Crippen LogP contribution in [0.15, 0.2) is 51.0 Å². The third kappa shape index (κ3) is 5.38. The van der Waals surface area contributed by atoms with Crippen molar-refractivity contribution in [2.24, 2.45) is 0 Å². The summed E-state index contributed by atoms with van der Waals surface area (Å²) >= 11 is 1.13. The number of nitrogens with zero attached hydrogens (tertiary/aromatic N) is 4. The average molecular weight is 479 g/mol. The number of anilines is 2. The number of pyridine rings is 1. The Bertz CT molecular complexity index is 1360. The van der Waals surface area contributed by atoms with E-state index in [2.05, 4.69) is 16.0 Å². The molecule has 0 aliphatic heterocycles. The molecule has 0 spiro atoms. The predicted octanol–water partition coefficient (Wildman–Crippen LogP) is 2.59. The lowest BCUT2D eigenvalue weighted by atomic mass is 10.1. The molecule has 0 unspecified atom stereocenters. The summed E-state index contributed by atoms with van der Waals surface area (Å²) < 4.78 is 1.24. The smallest absolute Gasteiger partial charge is 0.330 e. The maximum atomic E-state index is 13.2. The van der Waals surface area contributed by atoms with Crippen molar-refractivity contribution in [3.05, 3.63) is 79.6 Å². The van der Waals surface area contributed by atoms with Crippen molar-refractivity contribution >= 4 is 29.2 Å². The van der Waals surface area contributed by atoms with Gasteiger partial charge in [-0.25, -0.2) is 9.78 Å². The van der Waals surface area contributed by atoms with Crippen LogP contribution in [-0.4, -0.2) is 32.7 Å². The van der Waals surface area contributed by atoms with Gasteiger partial charge >= 0.3 is 5.69 Å². The molecule has 0 aliphatic rings. The quantitative estimate of drug-likeness (QED) is 0.475. The van der Waals surface area contributed by atoms with Gasteiger partial charge in [0.05, 0.1) is 17.9 Å². The number of nitrogens with two attached hydrogens (primary N) is 1. The zero-order chi connectivity index (χ0) is 24.8. The summed E-state index contributed by atoms with van der Waals surface area (Å²) in [5.74, 6) is -0.508. The molecule has 3 rings (SSSR count). The highest BCUT2D eigenvalue weighted by Gasteiger charge is 2.24. The molecule has 10 heteroatoms. The van der Waals surface area contributed by atoms with Crippen LogP contribution < -0.4 is 21.9 Å². The van der Waals surface area contributed by atoms with Crippen LogP contribution in [0.5, 0.6) is 0 Å². The molecule has 2 aromatic heterocycles. The van der Waals surface area contributed by atoms with Crippen LogP contribution in [0.1, 0.15) is 35.7 Å². The minimum atomic E-state index is -0.721. The van der Waals surface area contributed by atoms with E-state index in [9.17, 15) is 19.6 Å². The Morgan fingerprint density at radius 3 is 2.62 bits per heavy atom. The fourth-order valence-electron chi connectivity index (χ4n) is 3.60. The summed E-state index contributed by atoms with van der Waals surface area (Å²) in [5, 5.41) is 9.94. The van der Waals surface area contributed by atoms with Crippen LogP contribution in [0.2, 0.25) is 0 Å². The fourth-order valence-corrected chi connectivity index (χ4v) is 4.57. The van der Waals surface area contributed by atoms with Gasteiger partial charge in [0.25, 0.3) is 5.56 Å². The second-order valence-corrected chi connectivity index (χ2v) is 8.74. The molecule has 0 saturated carbocycles. The first-order chi connectivity index (χ1) is 16.3. The Hall–Kier alpha value is -3.84. The average Bonchev–Trinajstić information content (AvgIpc) is 2.80. The standard InChI is InChI=1S/C24H26N6O3S/c1-4-10-29(19(31)14-34-23-18(12-25)15(2)11-16(3)27-23)20-21(26)30(24(33)28-22(20)32)13-17-8-6-5-7-9-17/h5-9,11H,4,10,13-14,26H2,1-3H3,(H,28,32,33). The van der Waals surface area contributed by atoms with Gasteiger partial charge in [-0.15, -0.1) is 0 Å². The number of thioether (sulfide) groups is 1. The summed E-state index contributed by atoms with van der Waals surface area (Å²) in [4.78, 5) is 46.5. The van der Waals surface area contributed by atoms with Crippen LogP contribution in [0.25, 0.3) is 0 Å². The lowest BCUT2D eigenvalue weighted by Gasteiger charge is -2.24. The monoisotopic (exact) mass is 478 g/mol. The number of hydrogen-bond donors (Lipinski definition) is 2. The number of aromatic amines is 1. The van der Waals surface area contributed by atoms with Crippen molar-refractivity contribution in [3.63, 3.8) is 0 Å². The molecular formula is C24H26N6O3S. The molecule has 0 aliphatic carbocycles. The number of carbonyl (C=O) groups is 1. The van der Waals surface area contributed by atoms with Crippen LogP contribution in [0, 0.1) is 25.2 Å². The third-order valence-electron chi connectivity index (χ3n) is 5.17. The largest absolute Gasteiger partial charge is 0.383 e. The van der Waals surface area contributed by atoms with Gasteiger partial charge in [0.2, 0.25) is 5.91 Å². The van der Waals surface area contributed by atoms with Crippen LogP contribution in [0.4, 0.5) is 11.5 Å². The highest BCUT2D eigenvalue weighted by molar-refractivity contribution is 8.00. The first kappa shape index (κ1) is 24.8. The Morgan fingerprint density at radius 2 is 1.97 bits per heavy atom. The van der Waals surface area contributed by atoms with Crippen LogP contribution in [-0.2, 0) is 11.3 Å². The number of carbonyl (C=O) groups excluding carboxylic acids is 1. The number of nitrogen functional groups attached to an aromatic ring is 1. The second-order valence-electron chi connectivity index (χ2n) is 7.77. The molecule has 2 heterocycles. The number of benzene rings is 1. The molecule has 0 saturated heterocycles. The highest BCUT2D eigenvalue weighted by Crippen LogP contribution is 2.25. The van der Waals surface area contributed by atoms with Crippen LogP contribution >= 0.6 is 11.8 Å². The Kier molecular flexibility index (Phi) is 7.91. The highest BCUT2D eigenvalue weighted by atomic mass is 32.2. The summed E-state index contributed by atoms with van der Waals surface area (Å²) in [6.07, 6.45) is 0.568. The predicted molar refractivity (Wildman–Crippen MR) is 133 cm³/mol. The third-order valence-corrected chi connectivity index (χ3v) is 6.13. The lowest BCUT2D eigenvalue weighted by molar-refractivity contribution is -0.116. The second kappa shape index (κ2) is 10.9. The van der Waals surface area contributed by atoms with Crippen molar-refractivity contribution in [2.75, 3.05) is 22.9 Å². The Labute approximate surface area is 201 Å². The molecule has 0 fully saturated rings. The summed E-state index contributed by atoms with van der Waals surface area (Å²) in [6, 6.07) is 13.2. The Balaban J connectivity index is 1.95. The summed E-state index contributed by atoms with van der Waals surface area (Å²) in [6.45, 7) is 5.90. The van der Waals surface area contributed by atoms with Crippen LogP contribution in [0.3, 0.4) is 0 Å². The normalized spacial score (nSPS) is 10.6. The SMILES string of the molecule is CCCN(C(=O)CSc1nc(C)cc(C)c1C#N)c1c(N)n(Cc2ccccc2)c(=O)[nH]c1=O. The van der Waals surface area contributed by atoms with E-state index in [0.717, 1.165) is 28.6 Å². The van der Waals surface area contributed by atoms with E-state index in [1.165, 1.54) is 9.47 Å². The molecule has 1 amide bonds. The van der Waals surface area contributed by atoms with Gasteiger partial charge in [-0.05, 0) is 37.5 Å². The number of rotatable bonds is 8. The molecule has 9 nitrogen and oxygen atoms in total. The molecule has 0 radical (unpaired) electrons. The van der Waals surface area contributed by atoms with Crippen molar-refractivity contribution in [2.45, 2.75) is 38.8 Å². The first-order valence-corrected chi connectivity index (χ1v) is 11.7. The fraction of sp³-hybridized carbons (Fsp3) is 0.292. The minimum absolute atomic E-state index is 0.0543. The molecule has 3 aromatic rings.